The molecular weight excluding hydrogens is 490 g/mol. The second-order valence-electron chi connectivity index (χ2n) is 9.53. The molecule has 0 spiro atoms. The molecule has 4 aromatic rings. The van der Waals surface area contributed by atoms with Gasteiger partial charge in [0.15, 0.2) is 0 Å². The molecule has 1 unspecified atom stereocenters. The van der Waals surface area contributed by atoms with Crippen molar-refractivity contribution in [2.45, 2.75) is 33.2 Å². The van der Waals surface area contributed by atoms with Gasteiger partial charge in [0.25, 0.3) is 5.91 Å². The molecule has 39 heavy (non-hydrogen) atoms. The van der Waals surface area contributed by atoms with E-state index < -0.39 is 0 Å². The number of methoxy groups -OCH3 is 1. The van der Waals surface area contributed by atoms with Crippen LogP contribution in [0.5, 0.6) is 11.5 Å². The maximum Gasteiger partial charge on any atom is 0.258 e. The van der Waals surface area contributed by atoms with Gasteiger partial charge in [-0.15, -0.1) is 0 Å². The number of amides is 2. The van der Waals surface area contributed by atoms with E-state index in [1.807, 2.05) is 90.7 Å². The minimum atomic E-state index is -0.381. The first-order chi connectivity index (χ1) is 18.9. The van der Waals surface area contributed by atoms with E-state index in [0.717, 1.165) is 27.9 Å². The minimum Gasteiger partial charge on any atom is -0.496 e. The Labute approximate surface area is 228 Å². The molecule has 7 nitrogen and oxygen atoms in total. The maximum absolute atomic E-state index is 13.8. The van der Waals surface area contributed by atoms with Crippen LogP contribution in [0, 0.1) is 6.92 Å². The number of ether oxygens (including phenoxy) is 2. The summed E-state index contributed by atoms with van der Waals surface area (Å²) in [5, 5.41) is 6.35. The van der Waals surface area contributed by atoms with Crippen LogP contribution in [0.15, 0.2) is 91.0 Å². The van der Waals surface area contributed by atoms with E-state index in [9.17, 15) is 9.59 Å². The van der Waals surface area contributed by atoms with Gasteiger partial charge < -0.3 is 25.0 Å². The van der Waals surface area contributed by atoms with Gasteiger partial charge in [-0.1, -0.05) is 48.5 Å². The molecule has 0 saturated heterocycles. The van der Waals surface area contributed by atoms with Crippen molar-refractivity contribution in [2.75, 3.05) is 17.7 Å². The van der Waals surface area contributed by atoms with E-state index in [1.165, 1.54) is 6.92 Å². The highest BCUT2D eigenvalue weighted by Crippen LogP contribution is 2.37. The number of anilines is 2. The average Bonchev–Trinajstić information content (AvgIpc) is 2.94. The van der Waals surface area contributed by atoms with Crippen molar-refractivity contribution in [2.24, 2.45) is 0 Å². The zero-order chi connectivity index (χ0) is 27.4. The number of benzene rings is 4. The van der Waals surface area contributed by atoms with Crippen molar-refractivity contribution in [3.05, 3.63) is 119 Å². The van der Waals surface area contributed by atoms with E-state index in [2.05, 4.69) is 10.6 Å². The smallest absolute Gasteiger partial charge is 0.258 e. The van der Waals surface area contributed by atoms with E-state index in [0.29, 0.717) is 29.3 Å². The van der Waals surface area contributed by atoms with Gasteiger partial charge in [0, 0.05) is 30.4 Å². The molecule has 2 N–H and O–H groups in total. The summed E-state index contributed by atoms with van der Waals surface area (Å²) < 4.78 is 11.7. The largest absolute Gasteiger partial charge is 0.496 e. The van der Waals surface area contributed by atoms with Gasteiger partial charge in [0.2, 0.25) is 5.91 Å². The molecule has 0 aromatic heterocycles. The van der Waals surface area contributed by atoms with Crippen LogP contribution < -0.4 is 20.1 Å². The number of carbonyl (C=O) groups is 2. The van der Waals surface area contributed by atoms with Crippen molar-refractivity contribution >= 4 is 23.2 Å². The van der Waals surface area contributed by atoms with E-state index >= 15 is 0 Å². The molecule has 0 fully saturated rings. The number of carbonyl (C=O) groups excluding carboxylic acids is 2. The standard InChI is InChI=1S/C32H31N3O4/c1-21-8-7-11-28-30(21)32(37)35(19-23-9-5-4-6-10-23)31(34-28)24-12-17-29(38-3)25(18-24)20-39-27-15-13-26(14-16-27)33-22(2)36/h4-18,31,34H,19-20H2,1-3H3,(H,33,36). The van der Waals surface area contributed by atoms with Crippen molar-refractivity contribution in [3.63, 3.8) is 0 Å². The van der Waals surface area contributed by atoms with Crippen molar-refractivity contribution < 1.29 is 19.1 Å². The van der Waals surface area contributed by atoms with Crippen molar-refractivity contribution in [1.29, 1.82) is 0 Å². The first kappa shape index (κ1) is 25.9. The number of nitrogens with one attached hydrogen (secondary N) is 2. The Bertz CT molecular complexity index is 1490. The normalized spacial score (nSPS) is 14.3. The molecule has 7 heteroatoms. The summed E-state index contributed by atoms with van der Waals surface area (Å²) in [6.07, 6.45) is -0.381. The Morgan fingerprint density at radius 1 is 0.974 bits per heavy atom. The quantitative estimate of drug-likeness (QED) is 0.284. The molecule has 1 atom stereocenters. The molecule has 4 aromatic carbocycles. The number of aryl methyl sites for hydroxylation is 1. The molecule has 1 aliphatic rings. The number of hydrogen-bond donors (Lipinski definition) is 2. The minimum absolute atomic E-state index is 0.0106. The Kier molecular flexibility index (Phi) is 7.50. The second-order valence-corrected chi connectivity index (χ2v) is 9.53. The summed E-state index contributed by atoms with van der Waals surface area (Å²) in [7, 11) is 1.63. The third-order valence-corrected chi connectivity index (χ3v) is 6.74. The monoisotopic (exact) mass is 521 g/mol. The van der Waals surface area contributed by atoms with Gasteiger partial charge in [-0.3, -0.25) is 9.59 Å². The number of rotatable bonds is 8. The van der Waals surface area contributed by atoms with Gasteiger partial charge in [-0.2, -0.15) is 0 Å². The lowest BCUT2D eigenvalue weighted by molar-refractivity contribution is -0.114. The predicted octanol–water partition coefficient (Wildman–Crippen LogP) is 6.31. The van der Waals surface area contributed by atoms with Crippen LogP contribution in [0.3, 0.4) is 0 Å². The molecule has 5 rings (SSSR count). The van der Waals surface area contributed by atoms with Crippen molar-refractivity contribution in [3.8, 4) is 11.5 Å². The van der Waals surface area contributed by atoms with Gasteiger partial charge >= 0.3 is 0 Å². The molecule has 198 valence electrons. The zero-order valence-corrected chi connectivity index (χ0v) is 22.2. The fraction of sp³-hybridized carbons (Fsp3) is 0.188. The predicted molar refractivity (Wildman–Crippen MR) is 152 cm³/mol. The second kappa shape index (κ2) is 11.3. The zero-order valence-electron chi connectivity index (χ0n) is 22.2. The molecule has 0 radical (unpaired) electrons. The molecule has 0 aliphatic carbocycles. The molecule has 2 amide bonds. The Hall–Kier alpha value is -4.78. The van der Waals surface area contributed by atoms with E-state index in [1.54, 1.807) is 19.2 Å². The third-order valence-electron chi connectivity index (χ3n) is 6.74. The van der Waals surface area contributed by atoms with Crippen LogP contribution >= 0.6 is 0 Å². The highest BCUT2D eigenvalue weighted by Gasteiger charge is 2.34. The number of nitrogens with zero attached hydrogens (tertiary/aromatic N) is 1. The molecule has 1 aliphatic heterocycles. The van der Waals surface area contributed by atoms with E-state index in [4.69, 9.17) is 9.47 Å². The lowest BCUT2D eigenvalue weighted by atomic mass is 9.98. The highest BCUT2D eigenvalue weighted by atomic mass is 16.5. The average molecular weight is 522 g/mol. The summed E-state index contributed by atoms with van der Waals surface area (Å²) in [4.78, 5) is 27.0. The van der Waals surface area contributed by atoms with Gasteiger partial charge in [-0.25, -0.2) is 0 Å². The van der Waals surface area contributed by atoms with Crippen molar-refractivity contribution in [1.82, 2.24) is 4.90 Å². The Morgan fingerprint density at radius 2 is 1.74 bits per heavy atom. The molecule has 1 heterocycles. The molecule has 0 saturated carbocycles. The van der Waals surface area contributed by atoms with Crippen LogP contribution in [0.2, 0.25) is 0 Å². The van der Waals surface area contributed by atoms with Crippen LogP contribution in [-0.2, 0) is 17.9 Å². The SMILES string of the molecule is COc1ccc(C2Nc3cccc(C)c3C(=O)N2Cc2ccccc2)cc1COc1ccc(NC(C)=O)cc1. The number of hydrogen-bond acceptors (Lipinski definition) is 5. The fourth-order valence-electron chi connectivity index (χ4n) is 4.84. The van der Waals surface area contributed by atoms with E-state index in [-0.39, 0.29) is 24.6 Å². The summed E-state index contributed by atoms with van der Waals surface area (Å²) in [6.45, 7) is 4.17. The Balaban J connectivity index is 1.44. The third kappa shape index (κ3) is 5.72. The molecular formula is C32H31N3O4. The molecule has 0 bridgehead atoms. The maximum atomic E-state index is 13.8. The number of fused-ring (bicyclic) bond motifs is 1. The summed E-state index contributed by atoms with van der Waals surface area (Å²) in [6, 6.07) is 29.0. The summed E-state index contributed by atoms with van der Waals surface area (Å²) >= 11 is 0. The van der Waals surface area contributed by atoms with Crippen LogP contribution in [-0.4, -0.2) is 23.8 Å². The van der Waals surface area contributed by atoms with Gasteiger partial charge in [-0.05, 0) is 66.1 Å². The fourth-order valence-corrected chi connectivity index (χ4v) is 4.84. The van der Waals surface area contributed by atoms with Crippen LogP contribution in [0.25, 0.3) is 0 Å². The lowest BCUT2D eigenvalue weighted by Gasteiger charge is -2.39. The van der Waals surface area contributed by atoms with Crippen LogP contribution in [0.1, 0.15) is 45.7 Å². The highest BCUT2D eigenvalue weighted by molar-refractivity contribution is 6.03. The first-order valence-corrected chi connectivity index (χ1v) is 12.8. The summed E-state index contributed by atoms with van der Waals surface area (Å²) in [5.41, 5.74) is 5.99. The lowest BCUT2D eigenvalue weighted by Crippen LogP contribution is -2.42. The van der Waals surface area contributed by atoms with Crippen LogP contribution in [0.4, 0.5) is 11.4 Å². The topological polar surface area (TPSA) is 79.9 Å². The Morgan fingerprint density at radius 3 is 2.46 bits per heavy atom. The first-order valence-electron chi connectivity index (χ1n) is 12.8. The van der Waals surface area contributed by atoms with Gasteiger partial charge in [0.1, 0.15) is 24.3 Å². The van der Waals surface area contributed by atoms with Gasteiger partial charge in [0.05, 0.1) is 12.7 Å². The summed E-state index contributed by atoms with van der Waals surface area (Å²) in [5.74, 6) is 1.22.